The highest BCUT2D eigenvalue weighted by Gasteiger charge is 2.30. The van der Waals surface area contributed by atoms with Crippen LogP contribution in [0.4, 0.5) is 0 Å². The Labute approximate surface area is 131 Å². The molecule has 0 spiro atoms. The van der Waals surface area contributed by atoms with Gasteiger partial charge in [0, 0.05) is 24.0 Å². The second kappa shape index (κ2) is 5.79. The quantitative estimate of drug-likeness (QED) is 0.905. The van der Waals surface area contributed by atoms with Crippen LogP contribution in [0.2, 0.25) is 0 Å². The van der Waals surface area contributed by atoms with Crippen molar-refractivity contribution >= 4 is 16.8 Å². The number of benzene rings is 1. The van der Waals surface area contributed by atoms with Gasteiger partial charge in [-0.15, -0.1) is 0 Å². The Morgan fingerprint density at radius 1 is 1.14 bits per heavy atom. The molecule has 2 heterocycles. The van der Waals surface area contributed by atoms with Gasteiger partial charge in [-0.2, -0.15) is 0 Å². The zero-order valence-corrected chi connectivity index (χ0v) is 13.1. The monoisotopic (exact) mass is 296 g/mol. The van der Waals surface area contributed by atoms with Crippen LogP contribution >= 0.6 is 0 Å². The highest BCUT2D eigenvalue weighted by Crippen LogP contribution is 2.33. The Kier molecular flexibility index (Phi) is 3.65. The first-order chi connectivity index (χ1) is 10.8. The first kappa shape index (κ1) is 13.9. The number of nitrogens with zero attached hydrogens (tertiary/aromatic N) is 1. The number of aromatic amines is 1. The molecule has 4 rings (SSSR count). The normalized spacial score (nSPS) is 22.7. The third-order valence-electron chi connectivity index (χ3n) is 5.47. The van der Waals surface area contributed by atoms with Gasteiger partial charge in [-0.1, -0.05) is 43.9 Å². The first-order valence-corrected chi connectivity index (χ1v) is 8.66. The second-order valence-electron chi connectivity index (χ2n) is 7.06. The van der Waals surface area contributed by atoms with Crippen molar-refractivity contribution in [3.05, 3.63) is 36.0 Å². The minimum atomic E-state index is 0.171. The summed E-state index contributed by atoms with van der Waals surface area (Å²) in [5.74, 6) is 1.81. The molecule has 1 aliphatic heterocycles. The van der Waals surface area contributed by atoms with Crippen molar-refractivity contribution in [1.82, 2.24) is 9.88 Å². The second-order valence-corrected chi connectivity index (χ2v) is 7.06. The first-order valence-electron chi connectivity index (χ1n) is 8.66. The van der Waals surface area contributed by atoms with E-state index in [0.29, 0.717) is 0 Å². The van der Waals surface area contributed by atoms with E-state index < -0.39 is 0 Å². The van der Waals surface area contributed by atoms with Crippen LogP contribution in [-0.4, -0.2) is 28.9 Å². The molecule has 2 aromatic rings. The predicted molar refractivity (Wildman–Crippen MR) is 88.9 cm³/mol. The Morgan fingerprint density at radius 3 is 2.77 bits per heavy atom. The summed E-state index contributed by atoms with van der Waals surface area (Å²) in [6, 6.07) is 10.1. The number of amides is 1. The zero-order chi connectivity index (χ0) is 14.9. The van der Waals surface area contributed by atoms with Gasteiger partial charge in [0.15, 0.2) is 0 Å². The summed E-state index contributed by atoms with van der Waals surface area (Å²) < 4.78 is 0. The summed E-state index contributed by atoms with van der Waals surface area (Å²) in [5, 5.41) is 1.12. The van der Waals surface area contributed by atoms with Crippen molar-refractivity contribution in [3.63, 3.8) is 0 Å². The fraction of sp³-hybridized carbons (Fsp3) is 0.526. The lowest BCUT2D eigenvalue weighted by Crippen LogP contribution is -2.29. The van der Waals surface area contributed by atoms with Gasteiger partial charge in [0.25, 0.3) is 5.91 Å². The number of aromatic nitrogens is 1. The molecule has 1 aromatic heterocycles. The average molecular weight is 296 g/mol. The van der Waals surface area contributed by atoms with Crippen LogP contribution in [0.15, 0.2) is 30.3 Å². The van der Waals surface area contributed by atoms with Crippen LogP contribution < -0.4 is 0 Å². The molecule has 2 fully saturated rings. The van der Waals surface area contributed by atoms with Crippen molar-refractivity contribution in [3.8, 4) is 0 Å². The van der Waals surface area contributed by atoms with Gasteiger partial charge in [-0.25, -0.2) is 0 Å². The number of carbonyl (C=O) groups excluding carboxylic acids is 1. The van der Waals surface area contributed by atoms with E-state index in [4.69, 9.17) is 0 Å². The third-order valence-corrected chi connectivity index (χ3v) is 5.47. The molecule has 1 atom stereocenters. The van der Waals surface area contributed by atoms with Crippen LogP contribution in [0.3, 0.4) is 0 Å². The molecule has 1 unspecified atom stereocenters. The summed E-state index contributed by atoms with van der Waals surface area (Å²) in [6.45, 7) is 1.87. The number of likely N-dealkylation sites (tertiary alicyclic amines) is 1. The van der Waals surface area contributed by atoms with Gasteiger partial charge in [-0.05, 0) is 36.8 Å². The number of hydrogen-bond acceptors (Lipinski definition) is 1. The van der Waals surface area contributed by atoms with Crippen LogP contribution in [-0.2, 0) is 0 Å². The zero-order valence-electron chi connectivity index (χ0n) is 13.1. The minimum Gasteiger partial charge on any atom is -0.351 e. The van der Waals surface area contributed by atoms with E-state index in [1.807, 2.05) is 29.2 Å². The van der Waals surface area contributed by atoms with E-state index in [-0.39, 0.29) is 5.91 Å². The molecule has 1 saturated carbocycles. The summed E-state index contributed by atoms with van der Waals surface area (Å²) >= 11 is 0. The largest absolute Gasteiger partial charge is 0.351 e. The fourth-order valence-electron chi connectivity index (χ4n) is 4.29. The summed E-state index contributed by atoms with van der Waals surface area (Å²) in [7, 11) is 0. The van der Waals surface area contributed by atoms with Crippen LogP contribution in [0.1, 0.15) is 49.0 Å². The Bertz CT molecular complexity index is 636. The number of H-pyrrole nitrogens is 1. The lowest BCUT2D eigenvalue weighted by atomic mass is 9.93. The molecule has 1 amide bonds. The Hall–Kier alpha value is -1.77. The molecule has 2 aliphatic rings. The van der Waals surface area contributed by atoms with E-state index in [2.05, 4.69) is 11.1 Å². The maximum atomic E-state index is 12.7. The van der Waals surface area contributed by atoms with Crippen LogP contribution in [0.5, 0.6) is 0 Å². The van der Waals surface area contributed by atoms with Gasteiger partial charge < -0.3 is 9.88 Å². The summed E-state index contributed by atoms with van der Waals surface area (Å²) in [4.78, 5) is 18.0. The molecule has 1 saturated heterocycles. The lowest BCUT2D eigenvalue weighted by Gasteiger charge is -2.17. The van der Waals surface area contributed by atoms with Crippen LogP contribution in [0, 0.1) is 11.8 Å². The van der Waals surface area contributed by atoms with E-state index in [0.717, 1.165) is 41.5 Å². The molecule has 0 bridgehead atoms. The number of carbonyl (C=O) groups is 1. The van der Waals surface area contributed by atoms with Crippen molar-refractivity contribution in [2.24, 2.45) is 11.8 Å². The number of nitrogens with one attached hydrogen (secondary N) is 1. The molecule has 116 valence electrons. The number of para-hydroxylation sites is 1. The standard InChI is InChI=1S/C19H24N2O/c22-19(18-12-16-7-3-4-8-17(16)20-18)21-10-9-15(13-21)11-14-5-1-2-6-14/h3-4,7-8,12,14-15,20H,1-2,5-6,9-11,13H2. The van der Waals surface area contributed by atoms with Crippen molar-refractivity contribution in [1.29, 1.82) is 0 Å². The Balaban J connectivity index is 1.42. The van der Waals surface area contributed by atoms with E-state index in [1.54, 1.807) is 0 Å². The van der Waals surface area contributed by atoms with E-state index in [1.165, 1.54) is 38.5 Å². The summed E-state index contributed by atoms with van der Waals surface area (Å²) in [6.07, 6.45) is 8.15. The van der Waals surface area contributed by atoms with Gasteiger partial charge in [0.2, 0.25) is 0 Å². The van der Waals surface area contributed by atoms with Crippen molar-refractivity contribution in [2.45, 2.75) is 38.5 Å². The number of fused-ring (bicyclic) bond motifs is 1. The molecule has 1 aromatic carbocycles. The smallest absolute Gasteiger partial charge is 0.270 e. The van der Waals surface area contributed by atoms with Crippen molar-refractivity contribution in [2.75, 3.05) is 13.1 Å². The molecule has 3 nitrogen and oxygen atoms in total. The van der Waals surface area contributed by atoms with E-state index >= 15 is 0 Å². The van der Waals surface area contributed by atoms with Gasteiger partial charge in [0.1, 0.15) is 5.69 Å². The topological polar surface area (TPSA) is 36.1 Å². The predicted octanol–water partition coefficient (Wildman–Crippen LogP) is 4.21. The minimum absolute atomic E-state index is 0.171. The molecule has 0 radical (unpaired) electrons. The molecule has 22 heavy (non-hydrogen) atoms. The van der Waals surface area contributed by atoms with Crippen LogP contribution in [0.25, 0.3) is 10.9 Å². The summed E-state index contributed by atoms with van der Waals surface area (Å²) in [5.41, 5.74) is 1.79. The van der Waals surface area contributed by atoms with E-state index in [9.17, 15) is 4.79 Å². The lowest BCUT2D eigenvalue weighted by molar-refractivity contribution is 0.0780. The van der Waals surface area contributed by atoms with Gasteiger partial charge >= 0.3 is 0 Å². The Morgan fingerprint density at radius 2 is 1.95 bits per heavy atom. The maximum Gasteiger partial charge on any atom is 0.270 e. The molecular weight excluding hydrogens is 272 g/mol. The fourth-order valence-corrected chi connectivity index (χ4v) is 4.29. The molecule has 1 aliphatic carbocycles. The molecule has 3 heteroatoms. The highest BCUT2D eigenvalue weighted by atomic mass is 16.2. The van der Waals surface area contributed by atoms with Crippen molar-refractivity contribution < 1.29 is 4.79 Å². The number of hydrogen-bond donors (Lipinski definition) is 1. The SMILES string of the molecule is O=C(c1cc2ccccc2[nH]1)N1CCC(CC2CCCC2)C1. The van der Waals surface area contributed by atoms with Gasteiger partial charge in [-0.3, -0.25) is 4.79 Å². The van der Waals surface area contributed by atoms with Gasteiger partial charge in [0.05, 0.1) is 0 Å². The third kappa shape index (κ3) is 2.65. The molecular formula is C19H24N2O. The highest BCUT2D eigenvalue weighted by molar-refractivity contribution is 5.98. The number of rotatable bonds is 3. The average Bonchev–Trinajstić information content (AvgIpc) is 3.27. The maximum absolute atomic E-state index is 12.7. The molecule has 1 N–H and O–H groups in total.